The number of aryl methyl sites for hydroxylation is 1. The largest absolute Gasteiger partial charge is 0.399 e. The first-order valence-electron chi connectivity index (χ1n) is 7.05. The lowest BCUT2D eigenvalue weighted by Gasteiger charge is -2.25. The average Bonchev–Trinajstić information content (AvgIpc) is 2.47. The van der Waals surface area contributed by atoms with Crippen molar-refractivity contribution < 1.29 is 5.11 Å². The fourth-order valence-electron chi connectivity index (χ4n) is 2.31. The van der Waals surface area contributed by atoms with E-state index < -0.39 is 0 Å². The number of nitrogens with two attached hydrogens (primary N) is 1. The average molecular weight is 302 g/mol. The number of hydrogen-bond acceptors (Lipinski definition) is 4. The van der Waals surface area contributed by atoms with Crippen molar-refractivity contribution >= 4 is 24.0 Å². The van der Waals surface area contributed by atoms with Gasteiger partial charge in [0.1, 0.15) is 0 Å². The Morgan fingerprint density at radius 1 is 1.19 bits per heavy atom. The number of aliphatic hydroxyl groups is 1. The molecule has 0 amide bonds. The third kappa shape index (κ3) is 4.41. The quantitative estimate of drug-likeness (QED) is 0.490. The summed E-state index contributed by atoms with van der Waals surface area (Å²) in [4.78, 5) is 0. The molecule has 4 heteroatoms. The molecule has 2 aromatic carbocycles. The van der Waals surface area contributed by atoms with Crippen molar-refractivity contribution in [1.29, 1.82) is 0 Å². The van der Waals surface area contributed by atoms with Crippen molar-refractivity contribution in [3.63, 3.8) is 0 Å². The highest BCUT2D eigenvalue weighted by atomic mass is 32.1. The van der Waals surface area contributed by atoms with Crippen LogP contribution in [0.1, 0.15) is 11.1 Å². The van der Waals surface area contributed by atoms with Gasteiger partial charge in [-0.2, -0.15) is 12.6 Å². The van der Waals surface area contributed by atoms with Gasteiger partial charge < -0.3 is 16.2 Å². The molecule has 0 aliphatic rings. The van der Waals surface area contributed by atoms with E-state index in [0.717, 1.165) is 23.4 Å². The Morgan fingerprint density at radius 2 is 1.90 bits per heavy atom. The number of thiol groups is 1. The predicted octanol–water partition coefficient (Wildman–Crippen LogP) is 2.89. The Morgan fingerprint density at radius 3 is 2.52 bits per heavy atom. The van der Waals surface area contributed by atoms with Crippen LogP contribution in [0.25, 0.3) is 0 Å². The maximum Gasteiger partial charge on any atom is 0.0643 e. The van der Waals surface area contributed by atoms with E-state index in [9.17, 15) is 5.11 Å². The van der Waals surface area contributed by atoms with Crippen LogP contribution >= 0.6 is 12.6 Å². The second-order valence-corrected chi connectivity index (χ2v) is 5.93. The van der Waals surface area contributed by atoms with Gasteiger partial charge in [-0.05, 0) is 42.7 Å². The minimum atomic E-state index is -0.115. The molecular weight excluding hydrogens is 280 g/mol. The van der Waals surface area contributed by atoms with Gasteiger partial charge in [-0.25, -0.2) is 0 Å². The number of nitrogen functional groups attached to an aromatic ring is 1. The minimum Gasteiger partial charge on any atom is -0.399 e. The Balaban J connectivity index is 2.05. The molecule has 21 heavy (non-hydrogen) atoms. The molecule has 2 rings (SSSR count). The molecule has 2 aromatic rings. The Labute approximate surface area is 131 Å². The van der Waals surface area contributed by atoms with Crippen molar-refractivity contribution in [3.8, 4) is 0 Å². The maximum atomic E-state index is 9.65. The number of rotatable bonds is 6. The molecule has 0 radical (unpaired) electrons. The zero-order valence-corrected chi connectivity index (χ0v) is 13.1. The summed E-state index contributed by atoms with van der Waals surface area (Å²) in [7, 11) is 0. The van der Waals surface area contributed by atoms with Gasteiger partial charge in [-0.3, -0.25) is 0 Å². The number of hydrogen-bond donors (Lipinski definition) is 4. The van der Waals surface area contributed by atoms with E-state index in [4.69, 9.17) is 5.73 Å². The molecule has 2 unspecified atom stereocenters. The normalized spacial score (nSPS) is 13.7. The molecule has 0 aromatic heterocycles. The number of nitrogens with one attached hydrogen (secondary N) is 1. The highest BCUT2D eigenvalue weighted by molar-refractivity contribution is 7.81. The highest BCUT2D eigenvalue weighted by Crippen LogP contribution is 2.21. The molecule has 0 spiro atoms. The van der Waals surface area contributed by atoms with Gasteiger partial charge >= 0.3 is 0 Å². The summed E-state index contributed by atoms with van der Waals surface area (Å²) in [6.45, 7) is 2.03. The second-order valence-electron chi connectivity index (χ2n) is 5.26. The minimum absolute atomic E-state index is 0.0225. The van der Waals surface area contributed by atoms with Crippen LogP contribution < -0.4 is 11.1 Å². The maximum absolute atomic E-state index is 9.65. The molecule has 0 saturated heterocycles. The van der Waals surface area contributed by atoms with Crippen molar-refractivity contribution in [2.45, 2.75) is 24.6 Å². The lowest BCUT2D eigenvalue weighted by molar-refractivity contribution is 0.272. The van der Waals surface area contributed by atoms with Crippen LogP contribution in [0.15, 0.2) is 48.5 Å². The number of aliphatic hydroxyl groups excluding tert-OH is 1. The van der Waals surface area contributed by atoms with E-state index in [1.165, 1.54) is 5.56 Å². The molecule has 0 saturated carbocycles. The van der Waals surface area contributed by atoms with Crippen molar-refractivity contribution in [1.82, 2.24) is 0 Å². The smallest absolute Gasteiger partial charge is 0.0643 e. The third-order valence-corrected chi connectivity index (χ3v) is 4.08. The highest BCUT2D eigenvalue weighted by Gasteiger charge is 2.18. The molecular formula is C17H22N2OS. The zero-order valence-electron chi connectivity index (χ0n) is 12.2. The van der Waals surface area contributed by atoms with Crippen molar-refractivity contribution in [3.05, 3.63) is 59.7 Å². The Kier molecular flexibility index (Phi) is 5.53. The molecule has 0 bridgehead atoms. The van der Waals surface area contributed by atoms with E-state index in [1.807, 2.05) is 43.3 Å². The summed E-state index contributed by atoms with van der Waals surface area (Å²) in [6, 6.07) is 15.8. The molecule has 0 aliphatic heterocycles. The molecule has 0 aliphatic carbocycles. The molecule has 3 nitrogen and oxygen atoms in total. The molecule has 0 fully saturated rings. The van der Waals surface area contributed by atoms with Crippen molar-refractivity contribution in [2.24, 2.45) is 0 Å². The fourth-order valence-corrected chi connectivity index (χ4v) is 2.69. The first kappa shape index (κ1) is 15.7. The van der Waals surface area contributed by atoms with E-state index in [0.29, 0.717) is 0 Å². The topological polar surface area (TPSA) is 58.3 Å². The van der Waals surface area contributed by atoms with Gasteiger partial charge in [0.25, 0.3) is 0 Å². The molecule has 112 valence electrons. The standard InChI is InChI=1S/C17H22N2OS/c1-12-9-14(18)7-8-15(12)19-16(11-20)17(21)10-13-5-3-2-4-6-13/h2-9,16-17,19-21H,10-11,18H2,1H3. The second kappa shape index (κ2) is 7.38. The van der Waals surface area contributed by atoms with E-state index in [-0.39, 0.29) is 17.9 Å². The molecule has 2 atom stereocenters. The Bertz CT molecular complexity index is 574. The third-order valence-electron chi connectivity index (χ3n) is 3.54. The van der Waals surface area contributed by atoms with Crippen molar-refractivity contribution in [2.75, 3.05) is 17.7 Å². The van der Waals surface area contributed by atoms with Gasteiger partial charge in [0.05, 0.1) is 12.6 Å². The monoisotopic (exact) mass is 302 g/mol. The first-order valence-corrected chi connectivity index (χ1v) is 7.57. The van der Waals surface area contributed by atoms with Gasteiger partial charge in [-0.15, -0.1) is 0 Å². The van der Waals surface area contributed by atoms with Crippen LogP contribution in [-0.4, -0.2) is 23.0 Å². The van der Waals surface area contributed by atoms with Crippen LogP contribution in [0.4, 0.5) is 11.4 Å². The summed E-state index contributed by atoms with van der Waals surface area (Å²) < 4.78 is 0. The lowest BCUT2D eigenvalue weighted by Crippen LogP contribution is -2.35. The first-order chi connectivity index (χ1) is 10.1. The Hall–Kier alpha value is -1.65. The van der Waals surface area contributed by atoms with Gasteiger partial charge in [0.15, 0.2) is 0 Å². The van der Waals surface area contributed by atoms with Crippen LogP contribution in [-0.2, 0) is 6.42 Å². The predicted molar refractivity (Wildman–Crippen MR) is 93.0 cm³/mol. The summed E-state index contributed by atoms with van der Waals surface area (Å²) >= 11 is 4.65. The van der Waals surface area contributed by atoms with Gasteiger partial charge in [0, 0.05) is 16.6 Å². The summed E-state index contributed by atoms with van der Waals surface area (Å²) in [5, 5.41) is 13.0. The lowest BCUT2D eigenvalue weighted by atomic mass is 10.0. The molecule has 0 heterocycles. The van der Waals surface area contributed by atoms with Crippen LogP contribution in [0.2, 0.25) is 0 Å². The fraction of sp³-hybridized carbons (Fsp3) is 0.294. The number of benzene rings is 2. The molecule has 4 N–H and O–H groups in total. The van der Waals surface area contributed by atoms with E-state index in [1.54, 1.807) is 0 Å². The van der Waals surface area contributed by atoms with Gasteiger partial charge in [-0.1, -0.05) is 30.3 Å². The summed E-state index contributed by atoms with van der Waals surface area (Å²) in [5.74, 6) is 0. The number of anilines is 2. The van der Waals surface area contributed by atoms with Crippen LogP contribution in [0, 0.1) is 6.92 Å². The van der Waals surface area contributed by atoms with Crippen LogP contribution in [0.3, 0.4) is 0 Å². The zero-order chi connectivity index (χ0) is 15.2. The van der Waals surface area contributed by atoms with E-state index >= 15 is 0 Å². The summed E-state index contributed by atoms with van der Waals surface area (Å²) in [5.41, 5.74) is 9.76. The van der Waals surface area contributed by atoms with Gasteiger partial charge in [0.2, 0.25) is 0 Å². The summed E-state index contributed by atoms with van der Waals surface area (Å²) in [6.07, 6.45) is 0.802. The SMILES string of the molecule is Cc1cc(N)ccc1NC(CO)C(S)Cc1ccccc1. The van der Waals surface area contributed by atoms with Crippen LogP contribution in [0.5, 0.6) is 0 Å². The van der Waals surface area contributed by atoms with E-state index in [2.05, 4.69) is 30.1 Å².